The highest BCUT2D eigenvalue weighted by Crippen LogP contribution is 2.18. The van der Waals surface area contributed by atoms with Crippen molar-refractivity contribution in [2.45, 2.75) is 6.92 Å². The summed E-state index contributed by atoms with van der Waals surface area (Å²) in [5.74, 6) is 1.82. The summed E-state index contributed by atoms with van der Waals surface area (Å²) in [5, 5.41) is 11.9. The van der Waals surface area contributed by atoms with Crippen LogP contribution in [0.1, 0.15) is 5.56 Å². The van der Waals surface area contributed by atoms with Gasteiger partial charge in [0.25, 0.3) is 0 Å². The molecular weight excluding hydrogens is 366 g/mol. The van der Waals surface area contributed by atoms with Crippen molar-refractivity contribution in [2.75, 3.05) is 74.5 Å². The van der Waals surface area contributed by atoms with Gasteiger partial charge in [-0.15, -0.1) is 10.2 Å². The van der Waals surface area contributed by atoms with Crippen molar-refractivity contribution < 1.29 is 4.79 Å². The lowest BCUT2D eigenvalue weighted by Gasteiger charge is -2.35. The molecule has 1 aromatic carbocycles. The number of amides is 2. The Kier molecular flexibility index (Phi) is 5.80. The van der Waals surface area contributed by atoms with Gasteiger partial charge in [0.05, 0.1) is 0 Å². The van der Waals surface area contributed by atoms with E-state index in [0.717, 1.165) is 56.6 Å². The van der Waals surface area contributed by atoms with Gasteiger partial charge in [0.2, 0.25) is 0 Å². The topological polar surface area (TPSA) is 67.8 Å². The fraction of sp³-hybridized carbons (Fsp3) is 0.476. The molecule has 4 rings (SSSR count). The molecule has 2 amide bonds. The van der Waals surface area contributed by atoms with Crippen molar-refractivity contribution >= 4 is 23.4 Å². The van der Waals surface area contributed by atoms with E-state index in [1.54, 1.807) is 0 Å². The Hall–Kier alpha value is -2.87. The molecule has 1 N–H and O–H groups in total. The van der Waals surface area contributed by atoms with Gasteiger partial charge in [0.15, 0.2) is 11.6 Å². The van der Waals surface area contributed by atoms with E-state index in [1.807, 2.05) is 42.2 Å². The van der Waals surface area contributed by atoms with E-state index >= 15 is 0 Å². The first kappa shape index (κ1) is 19.4. The molecule has 3 heterocycles. The number of carbonyl (C=O) groups excluding carboxylic acids is 1. The van der Waals surface area contributed by atoms with Gasteiger partial charge in [0.1, 0.15) is 0 Å². The van der Waals surface area contributed by atoms with Crippen LogP contribution in [0.3, 0.4) is 0 Å². The smallest absolute Gasteiger partial charge is 0.321 e. The van der Waals surface area contributed by atoms with E-state index in [0.29, 0.717) is 13.1 Å². The lowest BCUT2D eigenvalue weighted by molar-refractivity contribution is 0.208. The third kappa shape index (κ3) is 4.76. The van der Waals surface area contributed by atoms with Crippen LogP contribution < -0.4 is 15.1 Å². The minimum absolute atomic E-state index is 0.0509. The highest BCUT2D eigenvalue weighted by molar-refractivity contribution is 5.89. The maximum atomic E-state index is 12.5. The summed E-state index contributed by atoms with van der Waals surface area (Å²) in [6, 6.07) is 11.9. The molecule has 0 unspecified atom stereocenters. The van der Waals surface area contributed by atoms with Crippen LogP contribution in [0.4, 0.5) is 22.1 Å². The molecule has 29 heavy (non-hydrogen) atoms. The number of likely N-dealkylation sites (N-methyl/N-ethyl adjacent to an activating group) is 1. The lowest BCUT2D eigenvalue weighted by Crippen LogP contribution is -2.50. The molecule has 2 saturated heterocycles. The van der Waals surface area contributed by atoms with Crippen LogP contribution in [0.2, 0.25) is 0 Å². The summed E-state index contributed by atoms with van der Waals surface area (Å²) in [5.41, 5.74) is 2.00. The second-order valence-corrected chi connectivity index (χ2v) is 7.81. The summed E-state index contributed by atoms with van der Waals surface area (Å²) in [6.07, 6.45) is 0. The number of benzene rings is 1. The number of hydrogen-bond donors (Lipinski definition) is 1. The summed E-state index contributed by atoms with van der Waals surface area (Å²) in [7, 11) is 2.15. The maximum Gasteiger partial charge on any atom is 0.321 e. The van der Waals surface area contributed by atoms with Crippen molar-refractivity contribution in [1.29, 1.82) is 0 Å². The molecule has 0 spiro atoms. The molecule has 2 aliphatic heterocycles. The molecule has 8 heteroatoms. The maximum absolute atomic E-state index is 12.5. The third-order valence-electron chi connectivity index (χ3n) is 5.66. The largest absolute Gasteiger partial charge is 0.353 e. The number of anilines is 3. The first-order valence-electron chi connectivity index (χ1n) is 10.2. The summed E-state index contributed by atoms with van der Waals surface area (Å²) < 4.78 is 0. The molecule has 2 fully saturated rings. The van der Waals surface area contributed by atoms with Gasteiger partial charge in [-0.1, -0.05) is 17.7 Å². The van der Waals surface area contributed by atoms with E-state index in [4.69, 9.17) is 0 Å². The van der Waals surface area contributed by atoms with Gasteiger partial charge in [0, 0.05) is 58.0 Å². The average molecular weight is 396 g/mol. The number of urea groups is 1. The van der Waals surface area contributed by atoms with Crippen LogP contribution >= 0.6 is 0 Å². The molecule has 0 radical (unpaired) electrons. The van der Waals surface area contributed by atoms with Gasteiger partial charge in [-0.3, -0.25) is 0 Å². The van der Waals surface area contributed by atoms with Crippen LogP contribution in [0.15, 0.2) is 36.4 Å². The molecule has 154 valence electrons. The van der Waals surface area contributed by atoms with Crippen LogP contribution in [0, 0.1) is 6.92 Å². The van der Waals surface area contributed by atoms with Crippen molar-refractivity contribution in [3.05, 3.63) is 42.0 Å². The Morgan fingerprint density at radius 1 is 0.793 bits per heavy atom. The second kappa shape index (κ2) is 8.65. The van der Waals surface area contributed by atoms with Crippen LogP contribution in [-0.2, 0) is 0 Å². The Morgan fingerprint density at radius 2 is 1.31 bits per heavy atom. The Labute approximate surface area is 172 Å². The number of nitrogens with zero attached hydrogens (tertiary/aromatic N) is 6. The Morgan fingerprint density at radius 3 is 1.83 bits per heavy atom. The van der Waals surface area contributed by atoms with Gasteiger partial charge in [-0.2, -0.15) is 0 Å². The average Bonchev–Trinajstić information content (AvgIpc) is 2.76. The third-order valence-corrected chi connectivity index (χ3v) is 5.66. The van der Waals surface area contributed by atoms with E-state index in [-0.39, 0.29) is 6.03 Å². The van der Waals surface area contributed by atoms with Crippen molar-refractivity contribution in [2.24, 2.45) is 0 Å². The predicted molar refractivity (Wildman–Crippen MR) is 116 cm³/mol. The molecule has 0 aliphatic carbocycles. The summed E-state index contributed by atoms with van der Waals surface area (Å²) >= 11 is 0. The molecule has 1 aromatic heterocycles. The van der Waals surface area contributed by atoms with Crippen molar-refractivity contribution in [3.63, 3.8) is 0 Å². The number of rotatable bonds is 3. The predicted octanol–water partition coefficient (Wildman–Crippen LogP) is 1.89. The molecular formula is C21H29N7O. The van der Waals surface area contributed by atoms with E-state index in [2.05, 4.69) is 43.3 Å². The number of nitrogens with one attached hydrogen (secondary N) is 1. The van der Waals surface area contributed by atoms with Gasteiger partial charge < -0.3 is 24.9 Å². The highest BCUT2D eigenvalue weighted by Gasteiger charge is 2.23. The zero-order chi connectivity index (χ0) is 20.2. The molecule has 2 aromatic rings. The fourth-order valence-corrected chi connectivity index (χ4v) is 3.67. The molecule has 0 saturated carbocycles. The number of aromatic nitrogens is 2. The van der Waals surface area contributed by atoms with E-state index in [9.17, 15) is 4.79 Å². The first-order valence-corrected chi connectivity index (χ1v) is 10.2. The normalized spacial score (nSPS) is 18.1. The second-order valence-electron chi connectivity index (χ2n) is 7.81. The minimum atomic E-state index is -0.0509. The molecule has 0 bridgehead atoms. The highest BCUT2D eigenvalue weighted by atomic mass is 16.2. The Bertz CT molecular complexity index is 808. The van der Waals surface area contributed by atoms with Crippen LogP contribution in [-0.4, -0.2) is 85.4 Å². The van der Waals surface area contributed by atoms with E-state index < -0.39 is 0 Å². The first-order chi connectivity index (χ1) is 14.1. The number of piperazine rings is 2. The number of aryl methyl sites for hydroxylation is 1. The minimum Gasteiger partial charge on any atom is -0.353 e. The number of hydrogen-bond acceptors (Lipinski definition) is 6. The summed E-state index contributed by atoms with van der Waals surface area (Å²) in [4.78, 5) is 21.1. The fourth-order valence-electron chi connectivity index (χ4n) is 3.67. The zero-order valence-electron chi connectivity index (χ0n) is 17.2. The number of carbonyl (C=O) groups is 1. The SMILES string of the molecule is Cc1ccc(NC(=O)N2CCN(c3ccc(N4CCN(C)CC4)nn3)CC2)cc1. The zero-order valence-corrected chi connectivity index (χ0v) is 17.2. The Balaban J connectivity index is 1.29. The summed E-state index contributed by atoms with van der Waals surface area (Å²) in [6.45, 7) is 8.95. The molecule has 0 atom stereocenters. The quantitative estimate of drug-likeness (QED) is 0.856. The molecule has 2 aliphatic rings. The van der Waals surface area contributed by atoms with Gasteiger partial charge >= 0.3 is 6.03 Å². The van der Waals surface area contributed by atoms with Crippen LogP contribution in [0.25, 0.3) is 0 Å². The van der Waals surface area contributed by atoms with Gasteiger partial charge in [-0.05, 0) is 38.2 Å². The standard InChI is InChI=1S/C21H29N7O/c1-17-3-5-18(6-4-17)22-21(29)28-15-13-27(14-16-28)20-8-7-19(23-24-20)26-11-9-25(2)10-12-26/h3-8H,9-16H2,1-2H3,(H,22,29). The van der Waals surface area contributed by atoms with Crippen LogP contribution in [0.5, 0.6) is 0 Å². The monoisotopic (exact) mass is 395 g/mol. The molecule has 8 nitrogen and oxygen atoms in total. The van der Waals surface area contributed by atoms with E-state index in [1.165, 1.54) is 5.56 Å². The lowest BCUT2D eigenvalue weighted by atomic mass is 10.2. The van der Waals surface area contributed by atoms with Crippen molar-refractivity contribution in [1.82, 2.24) is 20.0 Å². The van der Waals surface area contributed by atoms with Crippen molar-refractivity contribution in [3.8, 4) is 0 Å². The van der Waals surface area contributed by atoms with Gasteiger partial charge in [-0.25, -0.2) is 4.79 Å².